The van der Waals surface area contributed by atoms with Crippen molar-refractivity contribution in [2.75, 3.05) is 20.6 Å². The molecule has 2 bridgehead atoms. The largest absolute Gasteiger partial charge is 0.497 e. The SMILES string of the molecule is Cl.[2H]C([2H])([2H])N1CC[C@@]23CCCC[C@@H]2[C@@H]1Cc1ccc(OC)cc13. The summed E-state index contributed by atoms with van der Waals surface area (Å²) in [4.78, 5) is 1.81. The van der Waals surface area contributed by atoms with Gasteiger partial charge in [0.25, 0.3) is 0 Å². The molecule has 2 nitrogen and oxygen atoms in total. The normalized spacial score (nSPS) is 37.1. The van der Waals surface area contributed by atoms with E-state index >= 15 is 0 Å². The molecule has 0 unspecified atom stereocenters. The first-order chi connectivity index (χ1) is 11.0. The first-order valence-corrected chi connectivity index (χ1v) is 7.90. The van der Waals surface area contributed by atoms with Crippen LogP contribution in [-0.2, 0) is 11.8 Å². The van der Waals surface area contributed by atoms with Crippen molar-refractivity contribution in [3.05, 3.63) is 29.3 Å². The summed E-state index contributed by atoms with van der Waals surface area (Å²) in [5, 5.41) is 0. The second kappa shape index (κ2) is 5.48. The average Bonchev–Trinajstić information content (AvgIpc) is 2.53. The number of benzene rings is 1. The van der Waals surface area contributed by atoms with Crippen LogP contribution in [0.4, 0.5) is 0 Å². The van der Waals surface area contributed by atoms with E-state index in [9.17, 15) is 0 Å². The third-order valence-electron chi connectivity index (χ3n) is 6.04. The Morgan fingerprint density at radius 1 is 1.33 bits per heavy atom. The standard InChI is InChI=1S/C18H25NO.ClH/c1-19-10-9-18-8-4-3-5-15(18)17(19)11-13-6-7-14(20-2)12-16(13)18;/h6-7,12,15,17H,3-5,8-11H2,1-2H3;1H/t15-,17+,18+;/m1./s1/i1D3;. The number of ether oxygens (including phenoxy) is 1. The minimum atomic E-state index is -1.97. The molecule has 0 N–H and O–H groups in total. The molecule has 3 heteroatoms. The minimum absolute atomic E-state index is 0. The van der Waals surface area contributed by atoms with E-state index in [2.05, 4.69) is 12.1 Å². The summed E-state index contributed by atoms with van der Waals surface area (Å²) in [6.07, 6.45) is 6.68. The van der Waals surface area contributed by atoms with Gasteiger partial charge in [-0.2, -0.15) is 0 Å². The Hall–Kier alpha value is -0.730. The van der Waals surface area contributed by atoms with Crippen LogP contribution in [-0.4, -0.2) is 31.6 Å². The van der Waals surface area contributed by atoms with Crippen LogP contribution in [0.3, 0.4) is 0 Å². The fourth-order valence-electron chi connectivity index (χ4n) is 5.11. The molecule has 1 aromatic rings. The van der Waals surface area contributed by atoms with Gasteiger partial charge in [0.2, 0.25) is 0 Å². The number of hydrogen-bond donors (Lipinski definition) is 0. The molecule has 2 aliphatic carbocycles. The summed E-state index contributed by atoms with van der Waals surface area (Å²) in [5.41, 5.74) is 2.96. The van der Waals surface area contributed by atoms with Gasteiger partial charge in [0.15, 0.2) is 0 Å². The van der Waals surface area contributed by atoms with Crippen molar-refractivity contribution in [3.8, 4) is 5.75 Å². The summed E-state index contributed by atoms with van der Waals surface area (Å²) < 4.78 is 29.3. The topological polar surface area (TPSA) is 12.5 Å². The molecule has 0 radical (unpaired) electrons. The van der Waals surface area contributed by atoms with E-state index < -0.39 is 6.98 Å². The van der Waals surface area contributed by atoms with Gasteiger partial charge in [-0.1, -0.05) is 18.9 Å². The number of piperidine rings is 1. The molecular formula is C18H26ClNO. The van der Waals surface area contributed by atoms with Crippen LogP contribution in [0.5, 0.6) is 5.75 Å². The van der Waals surface area contributed by atoms with Crippen LogP contribution in [0, 0.1) is 5.92 Å². The van der Waals surface area contributed by atoms with E-state index in [1.807, 2.05) is 11.0 Å². The van der Waals surface area contributed by atoms with Crippen LogP contribution in [0.2, 0.25) is 0 Å². The Morgan fingerprint density at radius 3 is 3.05 bits per heavy atom. The Kier molecular flexibility index (Phi) is 3.07. The van der Waals surface area contributed by atoms with Gasteiger partial charge in [-0.05, 0) is 68.4 Å². The predicted molar refractivity (Wildman–Crippen MR) is 88.6 cm³/mol. The Balaban J connectivity index is 0.00000169. The van der Waals surface area contributed by atoms with Crippen molar-refractivity contribution in [2.45, 2.75) is 50.0 Å². The number of rotatable bonds is 1. The Labute approximate surface area is 138 Å². The van der Waals surface area contributed by atoms with Gasteiger partial charge >= 0.3 is 0 Å². The predicted octanol–water partition coefficient (Wildman–Crippen LogP) is 3.81. The van der Waals surface area contributed by atoms with Crippen LogP contribution >= 0.6 is 12.4 Å². The molecule has 116 valence electrons. The summed E-state index contributed by atoms with van der Waals surface area (Å²) >= 11 is 0. The lowest BCUT2D eigenvalue weighted by Gasteiger charge is -2.58. The number of fused-ring (bicyclic) bond motifs is 1. The average molecular weight is 311 g/mol. The van der Waals surface area contributed by atoms with Crippen LogP contribution in [0.15, 0.2) is 18.2 Å². The Bertz CT molecular complexity index is 621. The quantitative estimate of drug-likeness (QED) is 0.782. The highest BCUT2D eigenvalue weighted by molar-refractivity contribution is 5.85. The number of halogens is 1. The lowest BCUT2D eigenvalue weighted by atomic mass is 9.52. The molecule has 1 saturated carbocycles. The third-order valence-corrected chi connectivity index (χ3v) is 6.04. The van der Waals surface area contributed by atoms with E-state index in [-0.39, 0.29) is 23.9 Å². The van der Waals surface area contributed by atoms with E-state index in [1.54, 1.807) is 7.11 Å². The van der Waals surface area contributed by atoms with Crippen molar-refractivity contribution < 1.29 is 8.85 Å². The molecule has 1 heterocycles. The van der Waals surface area contributed by atoms with Crippen molar-refractivity contribution in [1.29, 1.82) is 0 Å². The van der Waals surface area contributed by atoms with Crippen LogP contribution in [0.1, 0.15) is 47.3 Å². The molecule has 0 amide bonds. The highest BCUT2D eigenvalue weighted by Crippen LogP contribution is 2.55. The maximum atomic E-state index is 7.94. The number of likely N-dealkylation sites (tertiary alicyclic amines) is 1. The van der Waals surface area contributed by atoms with E-state index in [4.69, 9.17) is 8.85 Å². The number of likely N-dealkylation sites (N-methyl/N-ethyl adjacent to an activating group) is 1. The van der Waals surface area contributed by atoms with Gasteiger partial charge in [0.05, 0.1) is 7.11 Å². The highest BCUT2D eigenvalue weighted by Gasteiger charge is 2.53. The van der Waals surface area contributed by atoms with Crippen molar-refractivity contribution in [2.24, 2.45) is 5.92 Å². The van der Waals surface area contributed by atoms with Crippen LogP contribution in [0.25, 0.3) is 0 Å². The first kappa shape index (κ1) is 11.8. The molecule has 3 atom stereocenters. The summed E-state index contributed by atoms with van der Waals surface area (Å²) in [6, 6.07) is 6.58. The summed E-state index contributed by atoms with van der Waals surface area (Å²) in [6.45, 7) is -1.29. The lowest BCUT2D eigenvalue weighted by molar-refractivity contribution is 0.00274. The van der Waals surface area contributed by atoms with E-state index in [0.29, 0.717) is 12.5 Å². The molecule has 21 heavy (non-hydrogen) atoms. The fraction of sp³-hybridized carbons (Fsp3) is 0.667. The number of hydrogen-bond acceptors (Lipinski definition) is 2. The molecule has 2 fully saturated rings. The summed E-state index contributed by atoms with van der Waals surface area (Å²) in [5.74, 6) is 1.41. The smallest absolute Gasteiger partial charge is 0.119 e. The second-order valence-electron chi connectivity index (χ2n) is 6.75. The molecule has 1 aromatic carbocycles. The molecule has 0 spiro atoms. The molecule has 3 aliphatic rings. The van der Waals surface area contributed by atoms with Crippen molar-refractivity contribution >= 4 is 12.4 Å². The highest BCUT2D eigenvalue weighted by atomic mass is 35.5. The maximum absolute atomic E-state index is 7.94. The zero-order valence-electron chi connectivity index (χ0n) is 15.6. The molecule has 0 aromatic heterocycles. The Morgan fingerprint density at radius 2 is 2.24 bits per heavy atom. The molecule has 1 saturated heterocycles. The zero-order chi connectivity index (χ0) is 16.2. The number of nitrogens with zero attached hydrogens (tertiary/aromatic N) is 1. The molecule has 1 aliphatic heterocycles. The molecular weight excluding hydrogens is 282 g/mol. The van der Waals surface area contributed by atoms with Crippen molar-refractivity contribution in [3.63, 3.8) is 0 Å². The van der Waals surface area contributed by atoms with E-state index in [1.165, 1.54) is 30.4 Å². The van der Waals surface area contributed by atoms with Gasteiger partial charge in [0.1, 0.15) is 5.75 Å². The summed E-state index contributed by atoms with van der Waals surface area (Å²) in [7, 11) is 1.72. The van der Waals surface area contributed by atoms with Gasteiger partial charge in [0, 0.05) is 15.6 Å². The fourth-order valence-corrected chi connectivity index (χ4v) is 5.11. The van der Waals surface area contributed by atoms with E-state index in [0.717, 1.165) is 25.0 Å². The van der Waals surface area contributed by atoms with Gasteiger partial charge in [-0.3, -0.25) is 0 Å². The first-order valence-electron chi connectivity index (χ1n) is 9.40. The number of methoxy groups -OCH3 is 1. The second-order valence-corrected chi connectivity index (χ2v) is 6.75. The zero-order valence-corrected chi connectivity index (χ0v) is 13.4. The van der Waals surface area contributed by atoms with Crippen molar-refractivity contribution in [1.82, 2.24) is 4.90 Å². The maximum Gasteiger partial charge on any atom is 0.119 e. The lowest BCUT2D eigenvalue weighted by Crippen LogP contribution is -2.59. The van der Waals surface area contributed by atoms with Gasteiger partial charge in [-0.15, -0.1) is 12.4 Å². The monoisotopic (exact) mass is 310 g/mol. The van der Waals surface area contributed by atoms with Crippen LogP contribution < -0.4 is 4.74 Å². The third kappa shape index (κ3) is 2.10. The van der Waals surface area contributed by atoms with Gasteiger partial charge < -0.3 is 9.64 Å². The van der Waals surface area contributed by atoms with Gasteiger partial charge in [-0.25, -0.2) is 0 Å². The molecule has 4 rings (SSSR count). The minimum Gasteiger partial charge on any atom is -0.497 e.